The lowest BCUT2D eigenvalue weighted by Crippen LogP contribution is -2.12. The molecule has 0 aromatic heterocycles. The zero-order chi connectivity index (χ0) is 13.1. The van der Waals surface area contributed by atoms with E-state index in [2.05, 4.69) is 21.2 Å². The van der Waals surface area contributed by atoms with Crippen LogP contribution in [0.25, 0.3) is 0 Å². The molecule has 0 spiro atoms. The van der Waals surface area contributed by atoms with E-state index in [-0.39, 0.29) is 10.9 Å². The van der Waals surface area contributed by atoms with Gasteiger partial charge in [0.15, 0.2) is 0 Å². The van der Waals surface area contributed by atoms with Crippen LogP contribution in [-0.2, 0) is 0 Å². The fourth-order valence-electron chi connectivity index (χ4n) is 1.39. The summed E-state index contributed by atoms with van der Waals surface area (Å²) in [6, 6.07) is 11.1. The standard InChI is InChI=1S/C13H8BrClFNO/c14-9-3-1-2-4-12(9)17-13(18)8-5-6-11(16)10(15)7-8/h1-7H,(H,17,18). The Morgan fingerprint density at radius 1 is 1.22 bits per heavy atom. The lowest BCUT2D eigenvalue weighted by molar-refractivity contribution is 0.102. The molecule has 0 saturated heterocycles. The number of carbonyl (C=O) groups is 1. The van der Waals surface area contributed by atoms with E-state index in [1.165, 1.54) is 12.1 Å². The molecule has 2 nitrogen and oxygen atoms in total. The summed E-state index contributed by atoms with van der Waals surface area (Å²) >= 11 is 8.95. The fourth-order valence-corrected chi connectivity index (χ4v) is 1.96. The van der Waals surface area contributed by atoms with Crippen LogP contribution in [0.2, 0.25) is 5.02 Å². The molecule has 2 aromatic carbocycles. The summed E-state index contributed by atoms with van der Waals surface area (Å²) in [5, 5.41) is 2.63. The second-order valence-electron chi connectivity index (χ2n) is 3.56. The van der Waals surface area contributed by atoms with Crippen molar-refractivity contribution in [2.45, 2.75) is 0 Å². The van der Waals surface area contributed by atoms with Gasteiger partial charge < -0.3 is 5.32 Å². The minimum absolute atomic E-state index is 0.0743. The molecule has 0 bridgehead atoms. The number of anilines is 1. The van der Waals surface area contributed by atoms with Crippen molar-refractivity contribution in [1.82, 2.24) is 0 Å². The number of para-hydroxylation sites is 1. The summed E-state index contributed by atoms with van der Waals surface area (Å²) < 4.78 is 13.8. The Hall–Kier alpha value is -1.39. The second-order valence-corrected chi connectivity index (χ2v) is 4.82. The zero-order valence-corrected chi connectivity index (χ0v) is 11.4. The van der Waals surface area contributed by atoms with Gasteiger partial charge in [-0.15, -0.1) is 0 Å². The highest BCUT2D eigenvalue weighted by Gasteiger charge is 2.10. The van der Waals surface area contributed by atoms with Gasteiger partial charge in [-0.25, -0.2) is 4.39 Å². The maximum absolute atomic E-state index is 13.0. The third-order valence-corrected chi connectivity index (χ3v) is 3.28. The van der Waals surface area contributed by atoms with E-state index in [1.807, 2.05) is 12.1 Å². The Morgan fingerprint density at radius 2 is 1.94 bits per heavy atom. The number of hydrogen-bond donors (Lipinski definition) is 1. The Morgan fingerprint density at radius 3 is 2.61 bits per heavy atom. The average Bonchev–Trinajstić information content (AvgIpc) is 2.35. The van der Waals surface area contributed by atoms with Gasteiger partial charge in [0.1, 0.15) is 5.82 Å². The largest absolute Gasteiger partial charge is 0.321 e. The molecule has 0 radical (unpaired) electrons. The van der Waals surface area contributed by atoms with Gasteiger partial charge in [-0.2, -0.15) is 0 Å². The molecule has 92 valence electrons. The number of rotatable bonds is 2. The molecule has 2 rings (SSSR count). The first-order chi connectivity index (χ1) is 8.58. The van der Waals surface area contributed by atoms with E-state index in [0.29, 0.717) is 11.3 Å². The van der Waals surface area contributed by atoms with Crippen molar-refractivity contribution >= 4 is 39.1 Å². The maximum Gasteiger partial charge on any atom is 0.255 e. The average molecular weight is 329 g/mol. The third-order valence-electron chi connectivity index (χ3n) is 2.30. The van der Waals surface area contributed by atoms with E-state index < -0.39 is 5.82 Å². The van der Waals surface area contributed by atoms with Crippen molar-refractivity contribution in [3.05, 3.63) is 63.3 Å². The van der Waals surface area contributed by atoms with Crippen LogP contribution < -0.4 is 5.32 Å². The molecule has 1 N–H and O–H groups in total. The molecule has 18 heavy (non-hydrogen) atoms. The Kier molecular flexibility index (Phi) is 3.99. The highest BCUT2D eigenvalue weighted by molar-refractivity contribution is 9.10. The molecule has 0 aliphatic rings. The van der Waals surface area contributed by atoms with Crippen molar-refractivity contribution < 1.29 is 9.18 Å². The SMILES string of the molecule is O=C(Nc1ccccc1Br)c1ccc(F)c(Cl)c1. The fraction of sp³-hybridized carbons (Fsp3) is 0. The summed E-state index contributed by atoms with van der Waals surface area (Å²) in [5.41, 5.74) is 0.945. The van der Waals surface area contributed by atoms with Gasteiger partial charge in [-0.1, -0.05) is 23.7 Å². The first kappa shape index (κ1) is 13.1. The predicted octanol–water partition coefficient (Wildman–Crippen LogP) is 4.49. The molecule has 0 atom stereocenters. The molecule has 0 aliphatic heterocycles. The summed E-state index contributed by atoms with van der Waals surface area (Å²) in [6.07, 6.45) is 0. The van der Waals surface area contributed by atoms with Crippen LogP contribution in [0.15, 0.2) is 46.9 Å². The number of halogens is 3. The number of hydrogen-bond acceptors (Lipinski definition) is 1. The highest BCUT2D eigenvalue weighted by Crippen LogP contribution is 2.22. The normalized spacial score (nSPS) is 10.2. The molecule has 0 aliphatic carbocycles. The quantitative estimate of drug-likeness (QED) is 0.864. The van der Waals surface area contributed by atoms with Crippen molar-refractivity contribution in [2.24, 2.45) is 0 Å². The van der Waals surface area contributed by atoms with Gasteiger partial charge in [0.2, 0.25) is 0 Å². The van der Waals surface area contributed by atoms with Gasteiger partial charge in [0, 0.05) is 10.0 Å². The Bertz CT molecular complexity index is 603. The van der Waals surface area contributed by atoms with Crippen LogP contribution >= 0.6 is 27.5 Å². The topological polar surface area (TPSA) is 29.1 Å². The van der Waals surface area contributed by atoms with Gasteiger partial charge in [-0.3, -0.25) is 4.79 Å². The first-order valence-corrected chi connectivity index (χ1v) is 6.26. The first-order valence-electron chi connectivity index (χ1n) is 5.09. The van der Waals surface area contributed by atoms with Crippen LogP contribution in [0.3, 0.4) is 0 Å². The number of carbonyl (C=O) groups excluding carboxylic acids is 1. The van der Waals surface area contributed by atoms with E-state index >= 15 is 0 Å². The summed E-state index contributed by atoms with van der Waals surface area (Å²) in [4.78, 5) is 11.9. The zero-order valence-electron chi connectivity index (χ0n) is 9.08. The second kappa shape index (κ2) is 5.50. The number of amides is 1. The van der Waals surface area contributed by atoms with Crippen LogP contribution in [0.4, 0.5) is 10.1 Å². The van der Waals surface area contributed by atoms with Crippen LogP contribution in [0, 0.1) is 5.82 Å². The molecule has 5 heteroatoms. The van der Waals surface area contributed by atoms with Crippen LogP contribution in [-0.4, -0.2) is 5.91 Å². The van der Waals surface area contributed by atoms with Crippen molar-refractivity contribution in [3.63, 3.8) is 0 Å². The van der Waals surface area contributed by atoms with E-state index in [1.54, 1.807) is 12.1 Å². The Labute approximate surface area is 117 Å². The smallest absolute Gasteiger partial charge is 0.255 e. The molecule has 0 heterocycles. The minimum Gasteiger partial charge on any atom is -0.321 e. The minimum atomic E-state index is -0.547. The van der Waals surface area contributed by atoms with Crippen molar-refractivity contribution in [3.8, 4) is 0 Å². The monoisotopic (exact) mass is 327 g/mol. The van der Waals surface area contributed by atoms with E-state index in [0.717, 1.165) is 10.5 Å². The molecular formula is C13H8BrClFNO. The summed E-state index contributed by atoms with van der Waals surface area (Å²) in [6.45, 7) is 0. The van der Waals surface area contributed by atoms with Gasteiger partial charge in [0.25, 0.3) is 5.91 Å². The van der Waals surface area contributed by atoms with Crippen LogP contribution in [0.5, 0.6) is 0 Å². The van der Waals surface area contributed by atoms with Crippen LogP contribution in [0.1, 0.15) is 10.4 Å². The van der Waals surface area contributed by atoms with E-state index in [9.17, 15) is 9.18 Å². The summed E-state index contributed by atoms with van der Waals surface area (Å²) in [7, 11) is 0. The lowest BCUT2D eigenvalue weighted by atomic mass is 10.2. The molecular weight excluding hydrogens is 321 g/mol. The van der Waals surface area contributed by atoms with Crippen molar-refractivity contribution in [1.29, 1.82) is 0 Å². The molecule has 0 fully saturated rings. The summed E-state index contributed by atoms with van der Waals surface area (Å²) in [5.74, 6) is -0.891. The van der Waals surface area contributed by atoms with Gasteiger partial charge in [-0.05, 0) is 46.3 Å². The van der Waals surface area contributed by atoms with Crippen molar-refractivity contribution in [2.75, 3.05) is 5.32 Å². The molecule has 2 aromatic rings. The number of nitrogens with one attached hydrogen (secondary N) is 1. The lowest BCUT2D eigenvalue weighted by Gasteiger charge is -2.07. The number of benzene rings is 2. The molecule has 0 unspecified atom stereocenters. The van der Waals surface area contributed by atoms with Gasteiger partial charge in [0.05, 0.1) is 10.7 Å². The predicted molar refractivity (Wildman–Crippen MR) is 73.5 cm³/mol. The molecule has 1 amide bonds. The Balaban J connectivity index is 2.22. The highest BCUT2D eigenvalue weighted by atomic mass is 79.9. The van der Waals surface area contributed by atoms with Gasteiger partial charge >= 0.3 is 0 Å². The third kappa shape index (κ3) is 2.89. The maximum atomic E-state index is 13.0. The van der Waals surface area contributed by atoms with E-state index in [4.69, 9.17) is 11.6 Å². The molecule has 0 saturated carbocycles.